The fraction of sp³-hybridized carbons (Fsp3) is 0.533. The van der Waals surface area contributed by atoms with Gasteiger partial charge in [-0.2, -0.15) is 0 Å². The van der Waals surface area contributed by atoms with Crippen LogP contribution in [0, 0.1) is 5.41 Å². The van der Waals surface area contributed by atoms with Crippen molar-refractivity contribution in [1.82, 2.24) is 9.80 Å². The summed E-state index contributed by atoms with van der Waals surface area (Å²) in [5.41, 5.74) is 5.93. The second-order valence-corrected chi connectivity index (χ2v) is 4.98. The molecule has 0 aromatic carbocycles. The van der Waals surface area contributed by atoms with E-state index < -0.39 is 0 Å². The second-order valence-electron chi connectivity index (χ2n) is 4.98. The lowest BCUT2D eigenvalue weighted by molar-refractivity contribution is 0.213. The third-order valence-corrected chi connectivity index (χ3v) is 3.27. The molecule has 0 aliphatic carbocycles. The Labute approximate surface area is 127 Å². The van der Waals surface area contributed by atoms with Gasteiger partial charge in [-0.15, -0.1) is 0 Å². The number of rotatable bonds is 4. The average Bonchev–Trinajstić information content (AvgIpc) is 2.47. The standard InChI is InChI=1S/C15H26N6/c1-4-5-6-7-15(18-2)19-13(16)12-14(17)21-10-8-20(3)9-11-21/h4-7,17H,8-12H2,1-3H3,(H2,16,18,19)/b5-4?,7-6+,17-14?. The summed E-state index contributed by atoms with van der Waals surface area (Å²) >= 11 is 0. The Bertz CT molecular complexity index is 453. The molecule has 21 heavy (non-hydrogen) atoms. The summed E-state index contributed by atoms with van der Waals surface area (Å²) in [5.74, 6) is 1.51. The summed E-state index contributed by atoms with van der Waals surface area (Å²) in [7, 11) is 3.77. The second kappa shape index (κ2) is 9.07. The van der Waals surface area contributed by atoms with E-state index >= 15 is 0 Å². The first-order valence-corrected chi connectivity index (χ1v) is 7.17. The zero-order chi connectivity index (χ0) is 15.7. The number of nitrogens with one attached hydrogen (secondary N) is 1. The van der Waals surface area contributed by atoms with Crippen LogP contribution in [0.1, 0.15) is 13.3 Å². The molecule has 1 aliphatic heterocycles. The van der Waals surface area contributed by atoms with E-state index in [2.05, 4.69) is 26.8 Å². The van der Waals surface area contributed by atoms with Crippen molar-refractivity contribution >= 4 is 17.5 Å². The molecule has 1 saturated heterocycles. The number of nitrogens with two attached hydrogens (primary N) is 1. The van der Waals surface area contributed by atoms with Crippen molar-refractivity contribution in [3.05, 3.63) is 24.3 Å². The molecular formula is C15H26N6. The normalized spacial score (nSPS) is 18.9. The van der Waals surface area contributed by atoms with Gasteiger partial charge < -0.3 is 15.5 Å². The van der Waals surface area contributed by atoms with Crippen LogP contribution in [-0.4, -0.2) is 67.6 Å². The number of aliphatic imine (C=N–C) groups is 2. The van der Waals surface area contributed by atoms with E-state index in [0.29, 0.717) is 23.9 Å². The smallest absolute Gasteiger partial charge is 0.149 e. The third-order valence-electron chi connectivity index (χ3n) is 3.27. The molecule has 1 fully saturated rings. The maximum absolute atomic E-state index is 8.13. The molecular weight excluding hydrogens is 264 g/mol. The van der Waals surface area contributed by atoms with Gasteiger partial charge in [0.1, 0.15) is 17.5 Å². The van der Waals surface area contributed by atoms with Crippen molar-refractivity contribution in [1.29, 1.82) is 5.41 Å². The number of nitrogens with zero attached hydrogens (tertiary/aromatic N) is 4. The molecule has 0 atom stereocenters. The van der Waals surface area contributed by atoms with Crippen LogP contribution in [0.5, 0.6) is 0 Å². The summed E-state index contributed by atoms with van der Waals surface area (Å²) in [6.45, 7) is 5.65. The Morgan fingerprint density at radius 1 is 1.24 bits per heavy atom. The molecule has 6 nitrogen and oxygen atoms in total. The van der Waals surface area contributed by atoms with Gasteiger partial charge in [-0.1, -0.05) is 18.2 Å². The highest BCUT2D eigenvalue weighted by atomic mass is 15.3. The molecule has 1 aliphatic rings. The van der Waals surface area contributed by atoms with Crippen LogP contribution < -0.4 is 5.73 Å². The highest BCUT2D eigenvalue weighted by Gasteiger charge is 2.16. The van der Waals surface area contributed by atoms with Crippen molar-refractivity contribution in [2.24, 2.45) is 15.7 Å². The van der Waals surface area contributed by atoms with E-state index in [-0.39, 0.29) is 0 Å². The van der Waals surface area contributed by atoms with Gasteiger partial charge in [-0.3, -0.25) is 10.4 Å². The number of amidine groups is 3. The van der Waals surface area contributed by atoms with Gasteiger partial charge in [-0.25, -0.2) is 4.99 Å². The fourth-order valence-electron chi connectivity index (χ4n) is 1.96. The summed E-state index contributed by atoms with van der Waals surface area (Å²) in [6, 6.07) is 0. The van der Waals surface area contributed by atoms with Crippen molar-refractivity contribution in [2.75, 3.05) is 40.3 Å². The van der Waals surface area contributed by atoms with E-state index in [1.54, 1.807) is 13.1 Å². The number of hydrogen-bond donors (Lipinski definition) is 2. The monoisotopic (exact) mass is 290 g/mol. The van der Waals surface area contributed by atoms with Crippen molar-refractivity contribution in [2.45, 2.75) is 13.3 Å². The number of allylic oxidation sites excluding steroid dienone is 3. The van der Waals surface area contributed by atoms with E-state index in [0.717, 1.165) is 26.2 Å². The molecule has 0 bridgehead atoms. The highest BCUT2D eigenvalue weighted by Crippen LogP contribution is 2.02. The predicted molar refractivity (Wildman–Crippen MR) is 90.3 cm³/mol. The summed E-state index contributed by atoms with van der Waals surface area (Å²) in [5, 5.41) is 8.13. The van der Waals surface area contributed by atoms with Gasteiger partial charge >= 0.3 is 0 Å². The molecule has 0 spiro atoms. The number of likely N-dealkylation sites (N-methyl/N-ethyl adjacent to an activating group) is 1. The quantitative estimate of drug-likeness (QED) is 0.462. The van der Waals surface area contributed by atoms with E-state index in [4.69, 9.17) is 11.1 Å². The van der Waals surface area contributed by atoms with Crippen LogP contribution in [0.4, 0.5) is 0 Å². The van der Waals surface area contributed by atoms with Crippen molar-refractivity contribution in [3.63, 3.8) is 0 Å². The van der Waals surface area contributed by atoms with Crippen molar-refractivity contribution in [3.8, 4) is 0 Å². The largest absolute Gasteiger partial charge is 0.387 e. The van der Waals surface area contributed by atoms with Crippen LogP contribution >= 0.6 is 0 Å². The molecule has 1 heterocycles. The molecule has 3 N–H and O–H groups in total. The van der Waals surface area contributed by atoms with Gasteiger partial charge in [0.25, 0.3) is 0 Å². The van der Waals surface area contributed by atoms with Gasteiger partial charge in [0.15, 0.2) is 0 Å². The van der Waals surface area contributed by atoms with Crippen LogP contribution in [0.3, 0.4) is 0 Å². The summed E-state index contributed by atoms with van der Waals surface area (Å²) < 4.78 is 0. The fourth-order valence-corrected chi connectivity index (χ4v) is 1.96. The van der Waals surface area contributed by atoms with E-state index in [1.807, 2.05) is 25.2 Å². The maximum Gasteiger partial charge on any atom is 0.149 e. The van der Waals surface area contributed by atoms with Gasteiger partial charge in [-0.05, 0) is 20.0 Å². The Balaban J connectivity index is 2.56. The Morgan fingerprint density at radius 2 is 1.90 bits per heavy atom. The zero-order valence-electron chi connectivity index (χ0n) is 13.2. The SMILES string of the molecule is CC=C/C=C/C(N=C(N)CC(=N)N1CCN(C)CC1)=NC. The molecule has 0 saturated carbocycles. The third kappa shape index (κ3) is 6.35. The Hall–Kier alpha value is -1.95. The Morgan fingerprint density at radius 3 is 2.48 bits per heavy atom. The minimum Gasteiger partial charge on any atom is -0.387 e. The molecule has 1 rings (SSSR count). The molecule has 0 unspecified atom stereocenters. The van der Waals surface area contributed by atoms with Crippen LogP contribution in [-0.2, 0) is 0 Å². The lowest BCUT2D eigenvalue weighted by atomic mass is 10.2. The predicted octanol–water partition coefficient (Wildman–Crippen LogP) is 1.12. The van der Waals surface area contributed by atoms with Gasteiger partial charge in [0, 0.05) is 33.2 Å². The minimum atomic E-state index is 0.361. The summed E-state index contributed by atoms with van der Waals surface area (Å²) in [4.78, 5) is 12.6. The first-order chi connectivity index (χ1) is 10.1. The average molecular weight is 290 g/mol. The molecule has 0 aromatic heterocycles. The molecule has 0 radical (unpaired) electrons. The lowest BCUT2D eigenvalue weighted by Gasteiger charge is -2.34. The minimum absolute atomic E-state index is 0.361. The van der Waals surface area contributed by atoms with Crippen LogP contribution in [0.15, 0.2) is 34.3 Å². The number of hydrogen-bond acceptors (Lipinski definition) is 3. The van der Waals surface area contributed by atoms with E-state index in [1.165, 1.54) is 0 Å². The Kier molecular flexibility index (Phi) is 7.39. The lowest BCUT2D eigenvalue weighted by Crippen LogP contribution is -2.47. The molecule has 116 valence electrons. The maximum atomic E-state index is 8.13. The molecule has 6 heteroatoms. The number of piperazine rings is 1. The topological polar surface area (TPSA) is 81.1 Å². The molecule has 0 aromatic rings. The van der Waals surface area contributed by atoms with Crippen LogP contribution in [0.2, 0.25) is 0 Å². The van der Waals surface area contributed by atoms with E-state index in [9.17, 15) is 0 Å². The first kappa shape index (κ1) is 17.1. The highest BCUT2D eigenvalue weighted by molar-refractivity contribution is 6.08. The summed E-state index contributed by atoms with van der Waals surface area (Å²) in [6.07, 6.45) is 7.86. The van der Waals surface area contributed by atoms with Gasteiger partial charge in [0.2, 0.25) is 0 Å². The zero-order valence-corrected chi connectivity index (χ0v) is 13.2. The molecule has 0 amide bonds. The van der Waals surface area contributed by atoms with Crippen molar-refractivity contribution < 1.29 is 0 Å². The van der Waals surface area contributed by atoms with Gasteiger partial charge in [0.05, 0.1) is 6.42 Å². The first-order valence-electron chi connectivity index (χ1n) is 7.17. The van der Waals surface area contributed by atoms with Crippen LogP contribution in [0.25, 0.3) is 0 Å².